The number of hydrogen-bond donors (Lipinski definition) is 3. The molecular formula is C30H50O4. The van der Waals surface area contributed by atoms with E-state index in [1.54, 1.807) is 19.4 Å². The highest BCUT2D eigenvalue weighted by Crippen LogP contribution is 2.73. The van der Waals surface area contributed by atoms with E-state index in [2.05, 4.69) is 47.6 Å². The molecule has 4 rings (SSSR count). The van der Waals surface area contributed by atoms with Gasteiger partial charge in [-0.05, 0) is 98.7 Å². The van der Waals surface area contributed by atoms with Crippen LogP contribution >= 0.6 is 0 Å². The zero-order valence-corrected chi connectivity index (χ0v) is 22.9. The largest absolute Gasteiger partial charge is 0.390 e. The highest BCUT2D eigenvalue weighted by atomic mass is 16.4. The van der Waals surface area contributed by atoms with Gasteiger partial charge in [-0.2, -0.15) is 0 Å². The van der Waals surface area contributed by atoms with Crippen LogP contribution in [0.4, 0.5) is 0 Å². The monoisotopic (exact) mass is 474 g/mol. The molecule has 4 nitrogen and oxygen atoms in total. The third kappa shape index (κ3) is 3.60. The van der Waals surface area contributed by atoms with Gasteiger partial charge in [0.15, 0.2) is 0 Å². The number of Topliss-reactive ketones (excluding diaryl/α,β-unsaturated/α-hetero) is 1. The summed E-state index contributed by atoms with van der Waals surface area (Å²) in [4.78, 5) is 12.8. The number of rotatable bonds is 5. The second-order valence-corrected chi connectivity index (χ2v) is 14.5. The first-order chi connectivity index (χ1) is 15.5. The Kier molecular flexibility index (Phi) is 6.32. The van der Waals surface area contributed by atoms with Gasteiger partial charge in [0.2, 0.25) is 0 Å². The number of fused-ring (bicyclic) bond motifs is 5. The summed E-state index contributed by atoms with van der Waals surface area (Å²) in [6, 6.07) is 0. The van der Waals surface area contributed by atoms with Crippen LogP contribution in [0.2, 0.25) is 0 Å². The lowest BCUT2D eigenvalue weighted by Crippen LogP contribution is -2.57. The smallest absolute Gasteiger partial charge is 0.138 e. The van der Waals surface area contributed by atoms with Crippen molar-refractivity contribution in [2.75, 3.05) is 0 Å². The molecule has 4 aliphatic rings. The van der Waals surface area contributed by atoms with Gasteiger partial charge in [0, 0.05) is 11.8 Å². The fourth-order valence-electron chi connectivity index (χ4n) is 9.61. The topological polar surface area (TPSA) is 77.8 Å². The Morgan fingerprint density at radius 3 is 2.32 bits per heavy atom. The summed E-state index contributed by atoms with van der Waals surface area (Å²) in [5, 5.41) is 31.3. The first kappa shape index (κ1) is 26.4. The van der Waals surface area contributed by atoms with Gasteiger partial charge in [-0.3, -0.25) is 4.79 Å². The first-order valence-corrected chi connectivity index (χ1v) is 13.8. The molecule has 9 atom stereocenters. The molecule has 4 heteroatoms. The SMILES string of the molecule is CC(CC(O)C(O)C(C)(C)O)[C@H]1CC[C@]2(C)C3=CC[C@H]4C(C)(C)C(=O)CC[C@]4(C)[C@@H]3CC[C@@]12C. The van der Waals surface area contributed by atoms with Gasteiger partial charge in [-0.1, -0.05) is 53.2 Å². The zero-order chi connectivity index (χ0) is 25.5. The van der Waals surface area contributed by atoms with E-state index in [0.717, 1.165) is 25.7 Å². The lowest BCUT2D eigenvalue weighted by molar-refractivity contribution is -0.146. The number of ketones is 1. The molecule has 3 N–H and O–H groups in total. The van der Waals surface area contributed by atoms with Crippen LogP contribution in [-0.2, 0) is 4.79 Å². The van der Waals surface area contributed by atoms with E-state index in [1.807, 2.05) is 0 Å². The fourth-order valence-corrected chi connectivity index (χ4v) is 9.61. The Bertz CT molecular complexity index is 852. The van der Waals surface area contributed by atoms with Crippen molar-refractivity contribution in [1.29, 1.82) is 0 Å². The molecule has 0 amide bonds. The Hall–Kier alpha value is -0.710. The number of hydrogen-bond acceptors (Lipinski definition) is 4. The van der Waals surface area contributed by atoms with Crippen molar-refractivity contribution in [2.45, 2.75) is 125 Å². The summed E-state index contributed by atoms with van der Waals surface area (Å²) < 4.78 is 0. The maximum Gasteiger partial charge on any atom is 0.138 e. The van der Waals surface area contributed by atoms with E-state index in [-0.39, 0.29) is 27.6 Å². The third-order valence-electron chi connectivity index (χ3n) is 12.0. The minimum Gasteiger partial charge on any atom is -0.390 e. The minimum absolute atomic E-state index is 0.147. The molecule has 0 heterocycles. The van der Waals surface area contributed by atoms with Crippen LogP contribution in [0.3, 0.4) is 0 Å². The molecule has 0 radical (unpaired) electrons. The maximum atomic E-state index is 12.8. The molecule has 3 saturated carbocycles. The van der Waals surface area contributed by atoms with Crippen LogP contribution in [0.25, 0.3) is 0 Å². The van der Waals surface area contributed by atoms with Crippen LogP contribution in [0, 0.1) is 45.3 Å². The van der Waals surface area contributed by atoms with E-state index in [9.17, 15) is 20.1 Å². The molecule has 194 valence electrons. The average Bonchev–Trinajstić information content (AvgIpc) is 3.01. The molecule has 0 aromatic carbocycles. The molecule has 0 aromatic rings. The summed E-state index contributed by atoms with van der Waals surface area (Å²) in [5.74, 6) is 2.19. The molecule has 4 aliphatic carbocycles. The molecular weight excluding hydrogens is 424 g/mol. The maximum absolute atomic E-state index is 12.8. The van der Waals surface area contributed by atoms with E-state index in [1.165, 1.54) is 19.3 Å². The summed E-state index contributed by atoms with van der Waals surface area (Å²) in [6.07, 6.45) is 8.46. The molecule has 0 aliphatic heterocycles. The van der Waals surface area contributed by atoms with Gasteiger partial charge < -0.3 is 15.3 Å². The van der Waals surface area contributed by atoms with Crippen molar-refractivity contribution in [1.82, 2.24) is 0 Å². The number of carbonyl (C=O) groups is 1. The van der Waals surface area contributed by atoms with Gasteiger partial charge in [-0.25, -0.2) is 0 Å². The predicted molar refractivity (Wildman–Crippen MR) is 136 cm³/mol. The quantitative estimate of drug-likeness (QED) is 0.448. The Balaban J connectivity index is 1.60. The van der Waals surface area contributed by atoms with Gasteiger partial charge >= 0.3 is 0 Å². The fraction of sp³-hybridized carbons (Fsp3) is 0.900. The first-order valence-electron chi connectivity index (χ1n) is 13.8. The second kappa shape index (κ2) is 8.15. The molecule has 34 heavy (non-hydrogen) atoms. The number of allylic oxidation sites excluding steroid dienone is 2. The van der Waals surface area contributed by atoms with Crippen LogP contribution in [0.5, 0.6) is 0 Å². The summed E-state index contributed by atoms with van der Waals surface area (Å²) in [7, 11) is 0. The van der Waals surface area contributed by atoms with Crippen LogP contribution in [-0.4, -0.2) is 38.9 Å². The molecule has 0 aromatic heterocycles. The van der Waals surface area contributed by atoms with Crippen LogP contribution in [0.15, 0.2) is 11.6 Å². The summed E-state index contributed by atoms with van der Waals surface area (Å²) in [5.41, 5.74) is 0.630. The van der Waals surface area contributed by atoms with Crippen molar-refractivity contribution in [2.24, 2.45) is 45.3 Å². The predicted octanol–water partition coefficient (Wildman–Crippen LogP) is 5.68. The average molecular weight is 475 g/mol. The summed E-state index contributed by atoms with van der Waals surface area (Å²) >= 11 is 0. The Morgan fingerprint density at radius 1 is 1.06 bits per heavy atom. The number of carbonyl (C=O) groups excluding carboxylic acids is 1. The standard InChI is InChI=1S/C30H50O4/c1-18(17-22(31)25(33)27(4,5)34)19-11-15-30(8)21-9-10-23-26(2,3)24(32)13-14-28(23,6)20(21)12-16-29(19,30)7/h9,18-20,22-23,25,31,33-34H,10-17H2,1-8H3/t18?,19-,20-,22?,23+,25?,28-,29+,30-/m1/s1. The lowest BCUT2D eigenvalue weighted by atomic mass is 9.41. The van der Waals surface area contributed by atoms with Gasteiger partial charge in [0.05, 0.1) is 11.7 Å². The van der Waals surface area contributed by atoms with Crippen molar-refractivity contribution < 1.29 is 20.1 Å². The van der Waals surface area contributed by atoms with Crippen LogP contribution < -0.4 is 0 Å². The van der Waals surface area contributed by atoms with E-state index in [4.69, 9.17) is 0 Å². The Labute approximate surface area is 207 Å². The third-order valence-corrected chi connectivity index (χ3v) is 12.0. The molecule has 3 unspecified atom stereocenters. The summed E-state index contributed by atoms with van der Waals surface area (Å²) in [6.45, 7) is 17.2. The van der Waals surface area contributed by atoms with Crippen molar-refractivity contribution >= 4 is 5.78 Å². The van der Waals surface area contributed by atoms with E-state index < -0.39 is 17.8 Å². The highest BCUT2D eigenvalue weighted by molar-refractivity contribution is 5.85. The van der Waals surface area contributed by atoms with E-state index in [0.29, 0.717) is 30.0 Å². The second-order valence-electron chi connectivity index (χ2n) is 14.5. The van der Waals surface area contributed by atoms with E-state index >= 15 is 0 Å². The number of aliphatic hydroxyl groups excluding tert-OH is 2. The Morgan fingerprint density at radius 2 is 1.71 bits per heavy atom. The lowest BCUT2D eigenvalue weighted by Gasteiger charge is -2.63. The van der Waals surface area contributed by atoms with Crippen molar-refractivity contribution in [3.05, 3.63) is 11.6 Å². The molecule has 3 fully saturated rings. The normalized spacial score (nSPS) is 44.4. The van der Waals surface area contributed by atoms with Gasteiger partial charge in [-0.15, -0.1) is 0 Å². The van der Waals surface area contributed by atoms with Gasteiger partial charge in [0.25, 0.3) is 0 Å². The molecule has 0 bridgehead atoms. The van der Waals surface area contributed by atoms with Crippen molar-refractivity contribution in [3.63, 3.8) is 0 Å². The highest BCUT2D eigenvalue weighted by Gasteiger charge is 2.65. The number of aliphatic hydroxyl groups is 3. The van der Waals surface area contributed by atoms with Crippen LogP contribution in [0.1, 0.15) is 107 Å². The zero-order valence-electron chi connectivity index (χ0n) is 22.9. The van der Waals surface area contributed by atoms with Gasteiger partial charge in [0.1, 0.15) is 11.9 Å². The molecule has 0 saturated heterocycles. The van der Waals surface area contributed by atoms with Crippen molar-refractivity contribution in [3.8, 4) is 0 Å². The molecule has 0 spiro atoms. The minimum atomic E-state index is -1.31.